The maximum absolute atomic E-state index is 12.3. The molecule has 30 heavy (non-hydrogen) atoms. The first-order valence-corrected chi connectivity index (χ1v) is 12.0. The Kier molecular flexibility index (Phi) is 7.71. The Balaban J connectivity index is 1.39. The molecule has 1 amide bonds. The molecule has 0 saturated carbocycles. The monoisotopic (exact) mass is 451 g/mol. The second-order valence-electron chi connectivity index (χ2n) is 7.24. The Morgan fingerprint density at radius 2 is 1.77 bits per heavy atom. The Bertz CT molecular complexity index is 976. The molecule has 1 N–H and O–H groups in total. The van der Waals surface area contributed by atoms with Gasteiger partial charge >= 0.3 is 0 Å². The van der Waals surface area contributed by atoms with Crippen LogP contribution in [0.25, 0.3) is 0 Å². The van der Waals surface area contributed by atoms with Crippen LogP contribution in [0.2, 0.25) is 5.02 Å². The number of anilines is 1. The van der Waals surface area contributed by atoms with E-state index in [1.54, 1.807) is 18.2 Å². The van der Waals surface area contributed by atoms with Crippen LogP contribution in [0.5, 0.6) is 5.75 Å². The number of ether oxygens (including phenoxy) is 1. The van der Waals surface area contributed by atoms with Crippen molar-refractivity contribution in [1.82, 2.24) is 9.80 Å². The van der Waals surface area contributed by atoms with E-state index in [1.165, 1.54) is 12.1 Å². The van der Waals surface area contributed by atoms with E-state index in [9.17, 15) is 13.2 Å². The Morgan fingerprint density at radius 3 is 2.47 bits per heavy atom. The van der Waals surface area contributed by atoms with Crippen LogP contribution in [0, 0.1) is 0 Å². The first-order valence-electron chi connectivity index (χ1n) is 9.73. The van der Waals surface area contributed by atoms with Gasteiger partial charge in [0.25, 0.3) is 0 Å². The third-order valence-corrected chi connectivity index (χ3v) is 6.30. The molecule has 1 aliphatic heterocycles. The highest BCUT2D eigenvalue weighted by Gasteiger charge is 2.19. The maximum Gasteiger partial charge on any atom is 0.238 e. The predicted octanol–water partition coefficient (Wildman–Crippen LogP) is 2.38. The quantitative estimate of drug-likeness (QED) is 0.663. The van der Waals surface area contributed by atoms with Gasteiger partial charge in [-0.3, -0.25) is 14.6 Å². The van der Waals surface area contributed by atoms with Crippen molar-refractivity contribution < 1.29 is 17.9 Å². The number of benzene rings is 2. The first kappa shape index (κ1) is 22.6. The molecule has 7 nitrogen and oxygen atoms in total. The zero-order valence-corrected chi connectivity index (χ0v) is 18.5. The number of hydrogen-bond acceptors (Lipinski definition) is 6. The lowest BCUT2D eigenvalue weighted by Gasteiger charge is -2.34. The van der Waals surface area contributed by atoms with Crippen LogP contribution in [-0.2, 0) is 14.6 Å². The van der Waals surface area contributed by atoms with Crippen LogP contribution < -0.4 is 10.1 Å². The number of carbonyl (C=O) groups excluding carboxylic acids is 1. The topological polar surface area (TPSA) is 79.0 Å². The Hall–Kier alpha value is -2.13. The van der Waals surface area contributed by atoms with E-state index in [4.69, 9.17) is 16.3 Å². The van der Waals surface area contributed by atoms with Gasteiger partial charge in [0.2, 0.25) is 5.91 Å². The number of para-hydroxylation sites is 1. The number of nitrogens with one attached hydrogen (secondary N) is 1. The highest BCUT2D eigenvalue weighted by molar-refractivity contribution is 7.90. The van der Waals surface area contributed by atoms with E-state index in [1.807, 2.05) is 18.2 Å². The fourth-order valence-corrected chi connectivity index (χ4v) is 4.08. The first-order chi connectivity index (χ1) is 14.3. The normalized spacial score (nSPS) is 15.7. The second-order valence-corrected chi connectivity index (χ2v) is 9.67. The van der Waals surface area contributed by atoms with Crippen LogP contribution in [-0.4, -0.2) is 76.3 Å². The smallest absolute Gasteiger partial charge is 0.238 e. The Labute approximate surface area is 182 Å². The number of halogens is 1. The number of carbonyl (C=O) groups is 1. The standard InChI is InChI=1S/C21H26ClN3O4S/c1-30(27,28)18-6-4-5-17(15-18)23-21(26)16-25-11-9-24(10-12-25)13-14-29-20-8-3-2-7-19(20)22/h2-8,15H,9-14,16H2,1H3,(H,23,26). The molecule has 0 bridgehead atoms. The zero-order chi connectivity index (χ0) is 21.6. The minimum absolute atomic E-state index is 0.156. The number of piperazine rings is 1. The molecular weight excluding hydrogens is 426 g/mol. The molecule has 9 heteroatoms. The van der Waals surface area contributed by atoms with Crippen LogP contribution in [0.1, 0.15) is 0 Å². The van der Waals surface area contributed by atoms with Crippen LogP contribution in [0.3, 0.4) is 0 Å². The molecule has 1 fully saturated rings. The van der Waals surface area contributed by atoms with Gasteiger partial charge in [0.15, 0.2) is 9.84 Å². The van der Waals surface area contributed by atoms with Gasteiger partial charge in [-0.15, -0.1) is 0 Å². The lowest BCUT2D eigenvalue weighted by molar-refractivity contribution is -0.117. The summed E-state index contributed by atoms with van der Waals surface area (Å²) in [7, 11) is -3.31. The fourth-order valence-electron chi connectivity index (χ4n) is 3.23. The van der Waals surface area contributed by atoms with E-state index < -0.39 is 9.84 Å². The summed E-state index contributed by atoms with van der Waals surface area (Å²) in [6.45, 7) is 4.88. The molecule has 2 aromatic carbocycles. The average Bonchev–Trinajstić information content (AvgIpc) is 2.70. The van der Waals surface area contributed by atoms with Crippen molar-refractivity contribution in [3.63, 3.8) is 0 Å². The van der Waals surface area contributed by atoms with Gasteiger partial charge in [-0.1, -0.05) is 29.8 Å². The van der Waals surface area contributed by atoms with E-state index in [2.05, 4.69) is 15.1 Å². The number of hydrogen-bond donors (Lipinski definition) is 1. The highest BCUT2D eigenvalue weighted by atomic mass is 35.5. The van der Waals surface area contributed by atoms with Crippen molar-refractivity contribution in [3.05, 3.63) is 53.6 Å². The van der Waals surface area contributed by atoms with E-state index in [-0.39, 0.29) is 17.3 Å². The lowest BCUT2D eigenvalue weighted by Crippen LogP contribution is -2.49. The minimum Gasteiger partial charge on any atom is -0.491 e. The van der Waals surface area contributed by atoms with Crippen molar-refractivity contribution in [3.8, 4) is 5.75 Å². The van der Waals surface area contributed by atoms with Gasteiger partial charge in [-0.25, -0.2) is 8.42 Å². The van der Waals surface area contributed by atoms with Gasteiger partial charge in [0, 0.05) is 44.7 Å². The lowest BCUT2D eigenvalue weighted by atomic mass is 10.3. The summed E-state index contributed by atoms with van der Waals surface area (Å²) in [6.07, 6.45) is 1.15. The molecule has 0 spiro atoms. The summed E-state index contributed by atoms with van der Waals surface area (Å²) in [5, 5.41) is 3.39. The summed E-state index contributed by atoms with van der Waals surface area (Å²) in [5.74, 6) is 0.533. The van der Waals surface area contributed by atoms with Gasteiger partial charge in [0.05, 0.1) is 16.5 Å². The number of rotatable bonds is 8. The van der Waals surface area contributed by atoms with Crippen LogP contribution in [0.4, 0.5) is 5.69 Å². The highest BCUT2D eigenvalue weighted by Crippen LogP contribution is 2.23. The molecule has 162 valence electrons. The van der Waals surface area contributed by atoms with E-state index in [0.717, 1.165) is 39.0 Å². The molecule has 0 unspecified atom stereocenters. The Morgan fingerprint density at radius 1 is 1.07 bits per heavy atom. The van der Waals surface area contributed by atoms with E-state index in [0.29, 0.717) is 23.1 Å². The van der Waals surface area contributed by atoms with Crippen LogP contribution >= 0.6 is 11.6 Å². The van der Waals surface area contributed by atoms with Gasteiger partial charge in [-0.2, -0.15) is 0 Å². The third kappa shape index (κ3) is 6.70. The third-order valence-electron chi connectivity index (χ3n) is 4.88. The van der Waals surface area contributed by atoms with Gasteiger partial charge in [0.1, 0.15) is 12.4 Å². The molecule has 1 heterocycles. The summed E-state index contributed by atoms with van der Waals surface area (Å²) in [4.78, 5) is 16.9. The molecule has 2 aromatic rings. The number of sulfone groups is 1. The van der Waals surface area contributed by atoms with Gasteiger partial charge in [-0.05, 0) is 30.3 Å². The van der Waals surface area contributed by atoms with Crippen molar-refractivity contribution >= 4 is 33.0 Å². The van der Waals surface area contributed by atoms with Crippen molar-refractivity contribution in [2.45, 2.75) is 4.90 Å². The summed E-state index contributed by atoms with van der Waals surface area (Å²) in [6, 6.07) is 13.7. The summed E-state index contributed by atoms with van der Waals surface area (Å²) in [5.41, 5.74) is 0.485. The number of amides is 1. The van der Waals surface area contributed by atoms with E-state index >= 15 is 0 Å². The minimum atomic E-state index is -3.31. The van der Waals surface area contributed by atoms with Crippen molar-refractivity contribution in [1.29, 1.82) is 0 Å². The number of nitrogens with zero attached hydrogens (tertiary/aromatic N) is 2. The molecule has 0 aromatic heterocycles. The second kappa shape index (κ2) is 10.3. The van der Waals surface area contributed by atoms with Crippen molar-refractivity contribution in [2.24, 2.45) is 0 Å². The summed E-state index contributed by atoms with van der Waals surface area (Å²) < 4.78 is 29.0. The SMILES string of the molecule is CS(=O)(=O)c1cccc(NC(=O)CN2CCN(CCOc3ccccc3Cl)CC2)c1. The largest absolute Gasteiger partial charge is 0.491 e. The molecule has 1 aliphatic rings. The van der Waals surface area contributed by atoms with Crippen molar-refractivity contribution in [2.75, 3.05) is 57.4 Å². The average molecular weight is 452 g/mol. The molecule has 1 saturated heterocycles. The predicted molar refractivity (Wildman–Crippen MR) is 118 cm³/mol. The summed E-state index contributed by atoms with van der Waals surface area (Å²) >= 11 is 6.09. The van der Waals surface area contributed by atoms with Crippen LogP contribution in [0.15, 0.2) is 53.4 Å². The molecule has 0 radical (unpaired) electrons. The maximum atomic E-state index is 12.3. The van der Waals surface area contributed by atoms with Gasteiger partial charge < -0.3 is 10.1 Å². The molecule has 0 atom stereocenters. The molecule has 3 rings (SSSR count). The molecule has 0 aliphatic carbocycles. The zero-order valence-electron chi connectivity index (χ0n) is 16.9. The fraction of sp³-hybridized carbons (Fsp3) is 0.381. The molecular formula is C21H26ClN3O4S.